The molecule has 1 aliphatic heterocycles. The lowest BCUT2D eigenvalue weighted by Crippen LogP contribution is -2.45. The predicted octanol–water partition coefficient (Wildman–Crippen LogP) is 1.91. The van der Waals surface area contributed by atoms with Crippen molar-refractivity contribution >= 4 is 11.7 Å². The Hall–Kier alpha value is -2.44. The molecule has 138 valence electrons. The first-order valence-corrected chi connectivity index (χ1v) is 8.91. The van der Waals surface area contributed by atoms with E-state index in [1.165, 1.54) is 0 Å². The number of hydrogen-bond acceptors (Lipinski definition) is 5. The van der Waals surface area contributed by atoms with Crippen molar-refractivity contribution in [3.05, 3.63) is 59.3 Å². The number of ether oxygens (including phenoxy) is 1. The number of likely N-dealkylation sites (N-methyl/N-ethyl adjacent to an activating group) is 1. The quantitative estimate of drug-likeness (QED) is 0.859. The zero-order valence-electron chi connectivity index (χ0n) is 15.4. The highest BCUT2D eigenvalue weighted by molar-refractivity contribution is 5.95. The van der Waals surface area contributed by atoms with Crippen LogP contribution in [0.15, 0.2) is 42.6 Å². The number of carbonyl (C=O) groups is 1. The van der Waals surface area contributed by atoms with Gasteiger partial charge in [0.25, 0.3) is 5.91 Å². The molecule has 0 unspecified atom stereocenters. The number of nitrogens with zero attached hydrogens (tertiary/aromatic N) is 3. The van der Waals surface area contributed by atoms with E-state index in [1.54, 1.807) is 7.11 Å². The van der Waals surface area contributed by atoms with Crippen LogP contribution in [0.2, 0.25) is 0 Å². The summed E-state index contributed by atoms with van der Waals surface area (Å²) in [5.41, 5.74) is 2.58. The van der Waals surface area contributed by atoms with Crippen LogP contribution in [0.5, 0.6) is 0 Å². The normalized spacial score (nSPS) is 15.1. The summed E-state index contributed by atoms with van der Waals surface area (Å²) in [6.45, 7) is 4.81. The van der Waals surface area contributed by atoms with E-state index in [0.717, 1.165) is 43.1 Å². The van der Waals surface area contributed by atoms with Gasteiger partial charge in [-0.1, -0.05) is 24.3 Å². The van der Waals surface area contributed by atoms with E-state index in [0.29, 0.717) is 18.7 Å². The van der Waals surface area contributed by atoms with Gasteiger partial charge in [-0.3, -0.25) is 4.79 Å². The molecule has 1 aliphatic rings. The zero-order chi connectivity index (χ0) is 18.4. The van der Waals surface area contributed by atoms with Gasteiger partial charge in [0.1, 0.15) is 5.82 Å². The van der Waals surface area contributed by atoms with Crippen molar-refractivity contribution in [3.63, 3.8) is 0 Å². The highest BCUT2D eigenvalue weighted by atomic mass is 16.5. The molecule has 1 fully saturated rings. The lowest BCUT2D eigenvalue weighted by atomic mass is 10.1. The zero-order valence-corrected chi connectivity index (χ0v) is 15.4. The maximum Gasteiger partial charge on any atom is 0.251 e. The van der Waals surface area contributed by atoms with Crippen LogP contribution in [0, 0.1) is 0 Å². The molecule has 0 aliphatic carbocycles. The first kappa shape index (κ1) is 18.4. The Bertz CT molecular complexity index is 742. The third-order valence-electron chi connectivity index (χ3n) is 4.67. The molecule has 6 nitrogen and oxygen atoms in total. The Labute approximate surface area is 154 Å². The topological polar surface area (TPSA) is 57.7 Å². The number of aromatic nitrogens is 1. The van der Waals surface area contributed by atoms with Gasteiger partial charge in [-0.15, -0.1) is 0 Å². The van der Waals surface area contributed by atoms with E-state index >= 15 is 0 Å². The summed E-state index contributed by atoms with van der Waals surface area (Å²) in [4.78, 5) is 21.8. The van der Waals surface area contributed by atoms with Gasteiger partial charge in [-0.05, 0) is 24.7 Å². The Morgan fingerprint density at radius 2 is 1.85 bits per heavy atom. The van der Waals surface area contributed by atoms with Gasteiger partial charge in [-0.2, -0.15) is 0 Å². The highest BCUT2D eigenvalue weighted by Crippen LogP contribution is 2.19. The first-order valence-electron chi connectivity index (χ1n) is 8.91. The van der Waals surface area contributed by atoms with Crippen LogP contribution in [0.1, 0.15) is 21.5 Å². The lowest BCUT2D eigenvalue weighted by molar-refractivity contribution is 0.0946. The minimum atomic E-state index is -0.0918. The number of benzene rings is 1. The molecule has 1 N–H and O–H groups in total. The number of methoxy groups -OCH3 is 1. The number of hydrogen-bond donors (Lipinski definition) is 1. The number of anilines is 1. The number of amides is 1. The predicted molar refractivity (Wildman–Crippen MR) is 102 cm³/mol. The van der Waals surface area contributed by atoms with Crippen molar-refractivity contribution in [1.82, 2.24) is 15.2 Å². The molecule has 6 heteroatoms. The Morgan fingerprint density at radius 3 is 2.62 bits per heavy atom. The molecular formula is C20H26N4O2. The van der Waals surface area contributed by atoms with Crippen molar-refractivity contribution in [2.75, 3.05) is 45.2 Å². The van der Waals surface area contributed by atoms with Gasteiger partial charge >= 0.3 is 0 Å². The van der Waals surface area contributed by atoms with Crippen molar-refractivity contribution in [3.8, 4) is 0 Å². The van der Waals surface area contributed by atoms with Crippen molar-refractivity contribution < 1.29 is 9.53 Å². The Balaban J connectivity index is 1.69. The van der Waals surface area contributed by atoms with Crippen molar-refractivity contribution in [2.24, 2.45) is 0 Å². The minimum Gasteiger partial charge on any atom is -0.380 e. The fraction of sp³-hybridized carbons (Fsp3) is 0.400. The molecule has 2 aromatic rings. The van der Waals surface area contributed by atoms with Gasteiger partial charge < -0.3 is 19.9 Å². The van der Waals surface area contributed by atoms with Crippen LogP contribution in [0.25, 0.3) is 0 Å². The van der Waals surface area contributed by atoms with Gasteiger partial charge in [-0.25, -0.2) is 4.98 Å². The molecule has 0 spiro atoms. The molecule has 26 heavy (non-hydrogen) atoms. The second-order valence-electron chi connectivity index (χ2n) is 6.55. The van der Waals surface area contributed by atoms with E-state index in [1.807, 2.05) is 42.6 Å². The van der Waals surface area contributed by atoms with Crippen LogP contribution in [-0.4, -0.2) is 56.1 Å². The lowest BCUT2D eigenvalue weighted by Gasteiger charge is -2.34. The summed E-state index contributed by atoms with van der Waals surface area (Å²) in [6.07, 6.45) is 1.81. The third-order valence-corrected chi connectivity index (χ3v) is 4.67. The summed E-state index contributed by atoms with van der Waals surface area (Å²) < 4.78 is 5.19. The summed E-state index contributed by atoms with van der Waals surface area (Å²) in [6, 6.07) is 11.5. The number of carbonyl (C=O) groups excluding carboxylic acids is 1. The Kier molecular flexibility index (Phi) is 6.20. The molecule has 1 aromatic heterocycles. The number of piperazine rings is 1. The largest absolute Gasteiger partial charge is 0.380 e. The summed E-state index contributed by atoms with van der Waals surface area (Å²) in [7, 11) is 3.76. The molecule has 1 aromatic carbocycles. The molecule has 1 amide bonds. The molecule has 0 saturated carbocycles. The number of nitrogens with one attached hydrogen (secondary N) is 1. The molecule has 0 radical (unpaired) electrons. The number of pyridine rings is 1. The standard InChI is InChI=1S/C20H26N4O2/c1-23-10-12-24(13-11-23)19-16(7-5-9-21-19)14-22-20(25)18-8-4-3-6-17(18)15-26-2/h3-9H,10-15H2,1-2H3,(H,22,25). The fourth-order valence-electron chi connectivity index (χ4n) is 3.17. The third kappa shape index (κ3) is 4.39. The summed E-state index contributed by atoms with van der Waals surface area (Å²) in [5.74, 6) is 0.872. The molecule has 0 atom stereocenters. The molecule has 2 heterocycles. The van der Waals surface area contributed by atoms with Crippen molar-refractivity contribution in [1.29, 1.82) is 0 Å². The maximum absolute atomic E-state index is 12.6. The van der Waals surface area contributed by atoms with E-state index < -0.39 is 0 Å². The summed E-state index contributed by atoms with van der Waals surface area (Å²) in [5, 5.41) is 3.03. The average molecular weight is 354 g/mol. The Morgan fingerprint density at radius 1 is 1.12 bits per heavy atom. The second kappa shape index (κ2) is 8.78. The van der Waals surface area contributed by atoms with Gasteiger partial charge in [0, 0.05) is 57.2 Å². The summed E-state index contributed by atoms with van der Waals surface area (Å²) >= 11 is 0. The molecule has 3 rings (SSSR count). The van der Waals surface area contributed by atoms with Crippen molar-refractivity contribution in [2.45, 2.75) is 13.2 Å². The molecule has 1 saturated heterocycles. The first-order chi connectivity index (χ1) is 12.7. The van der Waals surface area contributed by atoms with E-state index in [4.69, 9.17) is 4.74 Å². The molecule has 0 bridgehead atoms. The molecular weight excluding hydrogens is 328 g/mol. The van der Waals surface area contributed by atoms with E-state index in [2.05, 4.69) is 27.1 Å². The van der Waals surface area contributed by atoms with Crippen LogP contribution in [-0.2, 0) is 17.9 Å². The van der Waals surface area contributed by atoms with E-state index in [9.17, 15) is 4.79 Å². The minimum absolute atomic E-state index is 0.0918. The second-order valence-corrected chi connectivity index (χ2v) is 6.55. The van der Waals surface area contributed by atoms with Crippen LogP contribution >= 0.6 is 0 Å². The van der Waals surface area contributed by atoms with Crippen LogP contribution < -0.4 is 10.2 Å². The monoisotopic (exact) mass is 354 g/mol. The van der Waals surface area contributed by atoms with Crippen LogP contribution in [0.3, 0.4) is 0 Å². The maximum atomic E-state index is 12.6. The number of rotatable bonds is 6. The fourth-order valence-corrected chi connectivity index (χ4v) is 3.17. The highest BCUT2D eigenvalue weighted by Gasteiger charge is 2.18. The van der Waals surface area contributed by atoms with Crippen LogP contribution in [0.4, 0.5) is 5.82 Å². The SMILES string of the molecule is COCc1ccccc1C(=O)NCc1cccnc1N1CCN(C)CC1. The van der Waals surface area contributed by atoms with Gasteiger partial charge in [0.2, 0.25) is 0 Å². The van der Waals surface area contributed by atoms with E-state index in [-0.39, 0.29) is 5.91 Å². The van der Waals surface area contributed by atoms with Gasteiger partial charge in [0.05, 0.1) is 6.61 Å². The van der Waals surface area contributed by atoms with Gasteiger partial charge in [0.15, 0.2) is 0 Å². The average Bonchev–Trinajstić information content (AvgIpc) is 2.68. The smallest absolute Gasteiger partial charge is 0.251 e.